The summed E-state index contributed by atoms with van der Waals surface area (Å²) in [5.41, 5.74) is 1.79. The van der Waals surface area contributed by atoms with Crippen LogP contribution in [0.15, 0.2) is 29.3 Å². The van der Waals surface area contributed by atoms with Crippen LogP contribution in [0.2, 0.25) is 0 Å². The molecule has 1 amide bonds. The number of benzene rings is 1. The molecule has 1 heterocycles. The molecule has 27 heavy (non-hydrogen) atoms. The normalized spacial score (nSPS) is 17.0. The van der Waals surface area contributed by atoms with Gasteiger partial charge in [0.25, 0.3) is 5.91 Å². The third kappa shape index (κ3) is 6.66. The molecule has 2 N–H and O–H groups in total. The van der Waals surface area contributed by atoms with Gasteiger partial charge in [0.05, 0.1) is 0 Å². The summed E-state index contributed by atoms with van der Waals surface area (Å²) in [4.78, 5) is 18.8. The van der Waals surface area contributed by atoms with E-state index < -0.39 is 0 Å². The fourth-order valence-corrected chi connectivity index (χ4v) is 3.92. The monoisotopic (exact) mass is 486 g/mol. The predicted molar refractivity (Wildman–Crippen MR) is 124 cm³/mol. The fraction of sp³-hybridized carbons (Fsp3) is 0.619. The quantitative estimate of drug-likeness (QED) is 0.350. The number of hydrogen-bond acceptors (Lipinski definition) is 2. The Morgan fingerprint density at radius 3 is 2.63 bits per heavy atom. The molecule has 1 aliphatic heterocycles. The van der Waals surface area contributed by atoms with E-state index in [-0.39, 0.29) is 29.9 Å². The second-order valence-electron chi connectivity index (χ2n) is 7.03. The van der Waals surface area contributed by atoms with Gasteiger partial charge in [0, 0.05) is 38.8 Å². The summed E-state index contributed by atoms with van der Waals surface area (Å²) in [6, 6.07) is 7.77. The minimum atomic E-state index is -0.0220. The second kappa shape index (κ2) is 12.2. The zero-order chi connectivity index (χ0) is 18.9. The van der Waals surface area contributed by atoms with Crippen molar-refractivity contribution in [2.45, 2.75) is 46.6 Å². The van der Waals surface area contributed by atoms with Gasteiger partial charge in [0.2, 0.25) is 0 Å². The lowest BCUT2D eigenvalue weighted by Crippen LogP contribution is -2.40. The molecule has 1 aromatic carbocycles. The number of rotatable bonds is 7. The first-order valence-corrected chi connectivity index (χ1v) is 9.95. The lowest BCUT2D eigenvalue weighted by molar-refractivity contribution is 0.0955. The molecule has 1 aromatic rings. The van der Waals surface area contributed by atoms with Crippen LogP contribution in [0.25, 0.3) is 0 Å². The van der Waals surface area contributed by atoms with Gasteiger partial charge in [-0.15, -0.1) is 24.0 Å². The molecule has 1 atom stereocenters. The van der Waals surface area contributed by atoms with Crippen LogP contribution in [0, 0.1) is 11.8 Å². The van der Waals surface area contributed by atoms with E-state index >= 15 is 0 Å². The molecule has 0 aliphatic carbocycles. The largest absolute Gasteiger partial charge is 0.352 e. The van der Waals surface area contributed by atoms with Crippen LogP contribution < -0.4 is 10.6 Å². The summed E-state index contributed by atoms with van der Waals surface area (Å²) in [7, 11) is 1.85. The van der Waals surface area contributed by atoms with Gasteiger partial charge in [-0.25, -0.2) is 0 Å². The molecule has 0 radical (unpaired) electrons. The molecule has 1 fully saturated rings. The topological polar surface area (TPSA) is 56.7 Å². The Labute approximate surface area is 181 Å². The van der Waals surface area contributed by atoms with E-state index in [0.29, 0.717) is 18.7 Å². The van der Waals surface area contributed by atoms with Crippen molar-refractivity contribution in [2.75, 3.05) is 26.7 Å². The highest BCUT2D eigenvalue weighted by atomic mass is 127. The lowest BCUT2D eigenvalue weighted by Gasteiger charge is -2.24. The van der Waals surface area contributed by atoms with E-state index in [2.05, 4.69) is 34.4 Å². The minimum absolute atomic E-state index is 0. The van der Waals surface area contributed by atoms with Crippen LogP contribution in [0.5, 0.6) is 0 Å². The minimum Gasteiger partial charge on any atom is -0.352 e. The van der Waals surface area contributed by atoms with Gasteiger partial charge in [-0.05, 0) is 42.9 Å². The first-order chi connectivity index (χ1) is 12.6. The number of amides is 1. The number of likely N-dealkylation sites (tertiary alicyclic amines) is 1. The van der Waals surface area contributed by atoms with Gasteiger partial charge >= 0.3 is 0 Å². The van der Waals surface area contributed by atoms with Crippen molar-refractivity contribution < 1.29 is 4.79 Å². The molecule has 5 nitrogen and oxygen atoms in total. The van der Waals surface area contributed by atoms with Crippen molar-refractivity contribution in [1.82, 2.24) is 15.5 Å². The Kier molecular flexibility index (Phi) is 10.7. The van der Waals surface area contributed by atoms with Crippen LogP contribution in [-0.4, -0.2) is 43.4 Å². The van der Waals surface area contributed by atoms with Crippen molar-refractivity contribution in [3.63, 3.8) is 0 Å². The molecule has 0 aromatic heterocycles. The Morgan fingerprint density at radius 1 is 1.26 bits per heavy atom. The summed E-state index contributed by atoms with van der Waals surface area (Å²) in [5, 5.41) is 6.31. The van der Waals surface area contributed by atoms with Crippen LogP contribution >= 0.6 is 24.0 Å². The molecule has 1 unspecified atom stereocenters. The molecule has 1 aliphatic rings. The van der Waals surface area contributed by atoms with Crippen LogP contribution in [0.4, 0.5) is 0 Å². The molecule has 0 saturated carbocycles. The summed E-state index contributed by atoms with van der Waals surface area (Å²) in [5.74, 6) is 2.52. The van der Waals surface area contributed by atoms with Gasteiger partial charge in [-0.2, -0.15) is 0 Å². The van der Waals surface area contributed by atoms with Gasteiger partial charge in [-0.3, -0.25) is 9.79 Å². The lowest BCUT2D eigenvalue weighted by atomic mass is 9.87. The molecule has 0 spiro atoms. The Bertz CT molecular complexity index is 616. The van der Waals surface area contributed by atoms with Crippen molar-refractivity contribution in [1.29, 1.82) is 0 Å². The fourth-order valence-electron chi connectivity index (χ4n) is 3.92. The predicted octanol–water partition coefficient (Wildman–Crippen LogP) is 3.89. The maximum atomic E-state index is 12.0. The Balaban J connectivity index is 0.00000364. The van der Waals surface area contributed by atoms with E-state index in [0.717, 1.165) is 36.4 Å². The number of aliphatic imine (C=N–C) groups is 1. The SMILES string of the molecule is CCNC(=O)c1cccc(CNC(=NC)N2CCC(C(CC)CC)C2)c1.I. The van der Waals surface area contributed by atoms with Crippen LogP contribution in [0.3, 0.4) is 0 Å². The zero-order valence-electron chi connectivity index (χ0n) is 17.1. The van der Waals surface area contributed by atoms with Crippen molar-refractivity contribution in [3.8, 4) is 0 Å². The second-order valence-corrected chi connectivity index (χ2v) is 7.03. The highest BCUT2D eigenvalue weighted by Crippen LogP contribution is 2.28. The molecule has 1 saturated heterocycles. The molecule has 0 bridgehead atoms. The smallest absolute Gasteiger partial charge is 0.251 e. The maximum Gasteiger partial charge on any atom is 0.251 e. The third-order valence-corrected chi connectivity index (χ3v) is 5.43. The number of hydrogen-bond donors (Lipinski definition) is 2. The molecular formula is C21H35IN4O. The van der Waals surface area contributed by atoms with Crippen molar-refractivity contribution in [2.24, 2.45) is 16.8 Å². The summed E-state index contributed by atoms with van der Waals surface area (Å²) >= 11 is 0. The van der Waals surface area contributed by atoms with Crippen molar-refractivity contribution in [3.05, 3.63) is 35.4 Å². The molecule has 6 heteroatoms. The number of nitrogens with zero attached hydrogens (tertiary/aromatic N) is 2. The van der Waals surface area contributed by atoms with Gasteiger partial charge in [0.1, 0.15) is 0 Å². The van der Waals surface area contributed by atoms with Crippen molar-refractivity contribution >= 4 is 35.8 Å². The van der Waals surface area contributed by atoms with E-state index in [4.69, 9.17) is 0 Å². The van der Waals surface area contributed by atoms with E-state index in [9.17, 15) is 4.79 Å². The first-order valence-electron chi connectivity index (χ1n) is 9.95. The molecule has 2 rings (SSSR count). The molecular weight excluding hydrogens is 451 g/mol. The van der Waals surface area contributed by atoms with E-state index in [1.807, 2.05) is 38.2 Å². The Hall–Kier alpha value is -1.31. The average Bonchev–Trinajstić information content (AvgIpc) is 3.13. The van der Waals surface area contributed by atoms with E-state index in [1.165, 1.54) is 19.3 Å². The maximum absolute atomic E-state index is 12.0. The zero-order valence-corrected chi connectivity index (χ0v) is 19.5. The summed E-state index contributed by atoms with van der Waals surface area (Å²) in [6.45, 7) is 9.99. The standard InChI is InChI=1S/C21H34N4O.HI/c1-5-17(6-2)19-11-12-25(15-19)21(22-4)24-14-16-9-8-10-18(13-16)20(26)23-7-3;/h8-10,13,17,19H,5-7,11-12,14-15H2,1-4H3,(H,22,24)(H,23,26);1H. The highest BCUT2D eigenvalue weighted by Gasteiger charge is 2.29. The number of guanidine groups is 1. The van der Waals surface area contributed by atoms with Crippen LogP contribution in [-0.2, 0) is 6.54 Å². The van der Waals surface area contributed by atoms with Crippen LogP contribution in [0.1, 0.15) is 56.0 Å². The van der Waals surface area contributed by atoms with E-state index in [1.54, 1.807) is 0 Å². The average molecular weight is 486 g/mol. The third-order valence-electron chi connectivity index (χ3n) is 5.43. The van der Waals surface area contributed by atoms with Gasteiger partial charge in [0.15, 0.2) is 5.96 Å². The number of nitrogens with one attached hydrogen (secondary N) is 2. The summed E-state index contributed by atoms with van der Waals surface area (Å²) in [6.07, 6.45) is 3.76. The number of carbonyl (C=O) groups is 1. The summed E-state index contributed by atoms with van der Waals surface area (Å²) < 4.78 is 0. The number of halogens is 1. The van der Waals surface area contributed by atoms with Gasteiger partial charge in [-0.1, -0.05) is 38.8 Å². The Morgan fingerprint density at radius 2 is 2.00 bits per heavy atom. The number of carbonyl (C=O) groups excluding carboxylic acids is 1. The van der Waals surface area contributed by atoms with Gasteiger partial charge < -0.3 is 15.5 Å². The molecule has 152 valence electrons. The first kappa shape index (κ1) is 23.7. The highest BCUT2D eigenvalue weighted by molar-refractivity contribution is 14.0.